The summed E-state index contributed by atoms with van der Waals surface area (Å²) in [5.41, 5.74) is 1.94. The number of rotatable bonds is 6. The van der Waals surface area contributed by atoms with E-state index in [0.717, 1.165) is 16.0 Å². The summed E-state index contributed by atoms with van der Waals surface area (Å²) in [5.74, 6) is 0.848. The van der Waals surface area contributed by atoms with E-state index >= 15 is 0 Å². The molecule has 3 aromatic rings. The van der Waals surface area contributed by atoms with Gasteiger partial charge in [0.2, 0.25) is 0 Å². The third kappa shape index (κ3) is 3.36. The summed E-state index contributed by atoms with van der Waals surface area (Å²) in [4.78, 5) is 0.772. The molecule has 0 spiro atoms. The standard InChI is InChI=1S/C21H18O3S/c22-25(20-9-5-2-6-10-20)16-23-19-13-11-18(12-14-19)21(15-24-21)17-7-3-1-4-8-17/h1-14H,15-16H2. The Kier molecular flexibility index (Phi) is 4.38. The third-order valence-corrected chi connectivity index (χ3v) is 5.46. The van der Waals surface area contributed by atoms with Crippen LogP contribution in [-0.4, -0.2) is 16.8 Å². The first-order valence-electron chi connectivity index (χ1n) is 8.14. The van der Waals surface area contributed by atoms with E-state index in [9.17, 15) is 4.21 Å². The van der Waals surface area contributed by atoms with Crippen LogP contribution in [-0.2, 0) is 21.1 Å². The van der Waals surface area contributed by atoms with E-state index in [1.54, 1.807) is 0 Å². The quantitative estimate of drug-likeness (QED) is 0.628. The molecule has 4 rings (SSSR count). The number of ether oxygens (including phenoxy) is 2. The Morgan fingerprint density at radius 3 is 2.00 bits per heavy atom. The molecular formula is C21H18O3S. The molecule has 126 valence electrons. The normalized spacial score (nSPS) is 20.0. The van der Waals surface area contributed by atoms with Gasteiger partial charge in [-0.25, -0.2) is 0 Å². The van der Waals surface area contributed by atoms with E-state index in [1.807, 2.05) is 72.8 Å². The summed E-state index contributed by atoms with van der Waals surface area (Å²) in [6, 6.07) is 27.4. The molecule has 1 aliphatic heterocycles. The van der Waals surface area contributed by atoms with Crippen molar-refractivity contribution in [2.24, 2.45) is 0 Å². The van der Waals surface area contributed by atoms with Gasteiger partial charge in [-0.15, -0.1) is 0 Å². The molecule has 0 saturated carbocycles. The van der Waals surface area contributed by atoms with Gasteiger partial charge in [-0.1, -0.05) is 60.7 Å². The highest BCUT2D eigenvalue weighted by atomic mass is 32.2. The zero-order valence-corrected chi connectivity index (χ0v) is 14.4. The second-order valence-corrected chi connectivity index (χ2v) is 7.33. The highest BCUT2D eigenvalue weighted by molar-refractivity contribution is 7.84. The fourth-order valence-electron chi connectivity index (χ4n) is 2.86. The van der Waals surface area contributed by atoms with Crippen molar-refractivity contribution in [3.05, 3.63) is 96.1 Å². The van der Waals surface area contributed by atoms with Gasteiger partial charge in [0.25, 0.3) is 0 Å². The smallest absolute Gasteiger partial charge is 0.167 e. The highest BCUT2D eigenvalue weighted by Gasteiger charge is 2.47. The molecule has 2 unspecified atom stereocenters. The van der Waals surface area contributed by atoms with Gasteiger partial charge < -0.3 is 9.47 Å². The van der Waals surface area contributed by atoms with Crippen molar-refractivity contribution < 1.29 is 13.7 Å². The lowest BCUT2D eigenvalue weighted by Gasteiger charge is -2.13. The summed E-state index contributed by atoms with van der Waals surface area (Å²) in [6.07, 6.45) is 0. The molecule has 1 heterocycles. The Morgan fingerprint density at radius 1 is 0.840 bits per heavy atom. The molecule has 1 saturated heterocycles. The number of epoxide rings is 1. The van der Waals surface area contributed by atoms with Crippen LogP contribution in [0.2, 0.25) is 0 Å². The van der Waals surface area contributed by atoms with Gasteiger partial charge >= 0.3 is 0 Å². The predicted octanol–water partition coefficient (Wildman–Crippen LogP) is 4.10. The van der Waals surface area contributed by atoms with Crippen LogP contribution in [0.5, 0.6) is 5.75 Å². The molecule has 2 atom stereocenters. The van der Waals surface area contributed by atoms with Crippen LogP contribution in [0, 0.1) is 0 Å². The molecule has 0 radical (unpaired) electrons. The molecule has 0 bridgehead atoms. The molecular weight excluding hydrogens is 332 g/mol. The number of benzene rings is 3. The topological polar surface area (TPSA) is 38.8 Å². The average Bonchev–Trinajstić information content (AvgIpc) is 3.50. The molecule has 25 heavy (non-hydrogen) atoms. The molecule has 1 fully saturated rings. The zero-order chi connectivity index (χ0) is 17.1. The second kappa shape index (κ2) is 6.82. The molecule has 0 N–H and O–H groups in total. The Morgan fingerprint density at radius 2 is 1.40 bits per heavy atom. The van der Waals surface area contributed by atoms with Gasteiger partial charge in [-0.2, -0.15) is 0 Å². The van der Waals surface area contributed by atoms with Crippen LogP contribution in [0.15, 0.2) is 89.8 Å². The fourth-order valence-corrected chi connectivity index (χ4v) is 3.70. The lowest BCUT2D eigenvalue weighted by atomic mass is 9.92. The molecule has 3 nitrogen and oxygen atoms in total. The first-order valence-corrected chi connectivity index (χ1v) is 9.46. The van der Waals surface area contributed by atoms with Gasteiger partial charge in [0.05, 0.1) is 17.4 Å². The van der Waals surface area contributed by atoms with Crippen LogP contribution in [0.1, 0.15) is 11.1 Å². The van der Waals surface area contributed by atoms with Crippen molar-refractivity contribution in [1.29, 1.82) is 0 Å². The maximum absolute atomic E-state index is 12.2. The Hall–Kier alpha value is -2.43. The third-order valence-electron chi connectivity index (χ3n) is 4.33. The van der Waals surface area contributed by atoms with Crippen molar-refractivity contribution in [3.8, 4) is 5.75 Å². The Labute approximate surface area is 149 Å². The van der Waals surface area contributed by atoms with Crippen molar-refractivity contribution in [1.82, 2.24) is 0 Å². The predicted molar refractivity (Wildman–Crippen MR) is 98.0 cm³/mol. The summed E-state index contributed by atoms with van der Waals surface area (Å²) < 4.78 is 23.7. The Bertz CT molecular complexity index is 857. The van der Waals surface area contributed by atoms with Gasteiger partial charge in [0.15, 0.2) is 5.94 Å². The first-order chi connectivity index (χ1) is 12.3. The maximum Gasteiger partial charge on any atom is 0.167 e. The van der Waals surface area contributed by atoms with E-state index in [4.69, 9.17) is 9.47 Å². The van der Waals surface area contributed by atoms with Crippen LogP contribution in [0.25, 0.3) is 0 Å². The molecule has 3 aromatic carbocycles. The van der Waals surface area contributed by atoms with Gasteiger partial charge in [-0.05, 0) is 35.4 Å². The van der Waals surface area contributed by atoms with Gasteiger partial charge in [0, 0.05) is 4.90 Å². The highest BCUT2D eigenvalue weighted by Crippen LogP contribution is 2.45. The molecule has 0 amide bonds. The fraction of sp³-hybridized carbons (Fsp3) is 0.143. The maximum atomic E-state index is 12.2. The number of hydrogen-bond donors (Lipinski definition) is 0. The van der Waals surface area contributed by atoms with Gasteiger partial charge in [-0.3, -0.25) is 4.21 Å². The summed E-state index contributed by atoms with van der Waals surface area (Å²) in [6.45, 7) is 0.690. The summed E-state index contributed by atoms with van der Waals surface area (Å²) in [5, 5.41) is 0. The van der Waals surface area contributed by atoms with Crippen molar-refractivity contribution >= 4 is 10.8 Å². The van der Waals surface area contributed by atoms with E-state index in [2.05, 4.69) is 12.1 Å². The largest absolute Gasteiger partial charge is 0.480 e. The van der Waals surface area contributed by atoms with Crippen LogP contribution in [0.3, 0.4) is 0 Å². The second-order valence-electron chi connectivity index (χ2n) is 5.93. The van der Waals surface area contributed by atoms with Gasteiger partial charge in [0.1, 0.15) is 11.4 Å². The monoisotopic (exact) mass is 350 g/mol. The van der Waals surface area contributed by atoms with Crippen LogP contribution in [0.4, 0.5) is 0 Å². The molecule has 1 aliphatic rings. The first kappa shape index (κ1) is 16.1. The van der Waals surface area contributed by atoms with E-state index in [-0.39, 0.29) is 11.5 Å². The zero-order valence-electron chi connectivity index (χ0n) is 13.6. The summed E-state index contributed by atoms with van der Waals surface area (Å²) >= 11 is 0. The lowest BCUT2D eigenvalue weighted by Crippen LogP contribution is -2.10. The van der Waals surface area contributed by atoms with E-state index in [1.165, 1.54) is 0 Å². The molecule has 4 heteroatoms. The lowest BCUT2D eigenvalue weighted by molar-refractivity contribution is 0.348. The van der Waals surface area contributed by atoms with Crippen LogP contribution >= 0.6 is 0 Å². The van der Waals surface area contributed by atoms with E-state index in [0.29, 0.717) is 12.4 Å². The number of hydrogen-bond acceptors (Lipinski definition) is 3. The van der Waals surface area contributed by atoms with Crippen molar-refractivity contribution in [2.45, 2.75) is 10.5 Å². The minimum absolute atomic E-state index is 0.143. The van der Waals surface area contributed by atoms with Crippen molar-refractivity contribution in [2.75, 3.05) is 12.5 Å². The Balaban J connectivity index is 1.44. The van der Waals surface area contributed by atoms with Crippen LogP contribution < -0.4 is 4.74 Å². The SMILES string of the molecule is O=S(COc1ccc(C2(c3ccccc3)CO2)cc1)c1ccccc1. The average molecular weight is 350 g/mol. The minimum atomic E-state index is -1.17. The molecule has 0 aromatic heterocycles. The van der Waals surface area contributed by atoms with E-state index < -0.39 is 10.8 Å². The van der Waals surface area contributed by atoms with Crippen molar-refractivity contribution in [3.63, 3.8) is 0 Å². The molecule has 0 aliphatic carbocycles. The summed E-state index contributed by atoms with van der Waals surface area (Å²) in [7, 11) is -1.17. The minimum Gasteiger partial charge on any atom is -0.480 e.